The molecular weight excluding hydrogens is 356 g/mol. The molecule has 1 saturated heterocycles. The quantitative estimate of drug-likeness (QED) is 0.767. The average Bonchev–Trinajstić information content (AvgIpc) is 2.72. The predicted molar refractivity (Wildman–Crippen MR) is 110 cm³/mol. The smallest absolute Gasteiger partial charge is 0.227 e. The number of aryl methyl sites for hydroxylation is 1. The van der Waals surface area contributed by atoms with Gasteiger partial charge in [-0.1, -0.05) is 29.8 Å². The minimum atomic E-state index is 0.176. The van der Waals surface area contributed by atoms with Crippen molar-refractivity contribution >= 4 is 11.6 Å². The number of methoxy groups -OCH3 is 3. The zero-order valence-corrected chi connectivity index (χ0v) is 17.0. The van der Waals surface area contributed by atoms with Crippen LogP contribution < -0.4 is 19.1 Å². The second-order valence-corrected chi connectivity index (χ2v) is 6.92. The third-order valence-electron chi connectivity index (χ3n) is 5.08. The molecule has 0 saturated carbocycles. The van der Waals surface area contributed by atoms with E-state index in [1.165, 1.54) is 5.56 Å². The van der Waals surface area contributed by atoms with Gasteiger partial charge in [-0.3, -0.25) is 4.79 Å². The highest BCUT2D eigenvalue weighted by atomic mass is 16.5. The fourth-order valence-electron chi connectivity index (χ4n) is 3.57. The van der Waals surface area contributed by atoms with Gasteiger partial charge in [0.15, 0.2) is 11.5 Å². The Kier molecular flexibility index (Phi) is 6.29. The first-order chi connectivity index (χ1) is 13.5. The standard InChI is InChI=1S/C22H28N2O4/c1-16-6-5-7-17(12-16)13-21(25)24-10-8-23(9-11-24)18-14-19(26-2)22(28-4)20(15-18)27-3/h5-7,12,14-15H,8-11,13H2,1-4H3. The minimum Gasteiger partial charge on any atom is -0.493 e. The summed E-state index contributed by atoms with van der Waals surface area (Å²) in [7, 11) is 4.82. The number of piperazine rings is 1. The number of amides is 1. The topological polar surface area (TPSA) is 51.2 Å². The molecule has 0 N–H and O–H groups in total. The summed E-state index contributed by atoms with van der Waals surface area (Å²) in [4.78, 5) is 16.8. The molecular formula is C22H28N2O4. The Morgan fingerprint density at radius 2 is 1.57 bits per heavy atom. The Morgan fingerprint density at radius 1 is 0.929 bits per heavy atom. The molecule has 0 aliphatic carbocycles. The van der Waals surface area contributed by atoms with Gasteiger partial charge >= 0.3 is 0 Å². The molecule has 0 radical (unpaired) electrons. The summed E-state index contributed by atoms with van der Waals surface area (Å²) in [6, 6.07) is 12.0. The molecule has 0 unspecified atom stereocenters. The Bertz CT molecular complexity index is 804. The molecule has 6 nitrogen and oxygen atoms in total. The molecule has 0 spiro atoms. The van der Waals surface area contributed by atoms with Gasteiger partial charge in [0.05, 0.1) is 27.8 Å². The van der Waals surface area contributed by atoms with Gasteiger partial charge in [-0.05, 0) is 12.5 Å². The summed E-state index contributed by atoms with van der Waals surface area (Å²) < 4.78 is 16.3. The highest BCUT2D eigenvalue weighted by Gasteiger charge is 2.23. The van der Waals surface area contributed by atoms with Gasteiger partial charge in [-0.25, -0.2) is 0 Å². The van der Waals surface area contributed by atoms with Crippen LogP contribution in [-0.2, 0) is 11.2 Å². The number of hydrogen-bond acceptors (Lipinski definition) is 5. The van der Waals surface area contributed by atoms with Crippen LogP contribution in [0.15, 0.2) is 36.4 Å². The second kappa shape index (κ2) is 8.87. The molecule has 150 valence electrons. The zero-order valence-electron chi connectivity index (χ0n) is 17.0. The zero-order chi connectivity index (χ0) is 20.1. The van der Waals surface area contributed by atoms with Gasteiger partial charge in [0.2, 0.25) is 11.7 Å². The van der Waals surface area contributed by atoms with Crippen LogP contribution in [0.5, 0.6) is 17.2 Å². The van der Waals surface area contributed by atoms with Crippen molar-refractivity contribution in [3.8, 4) is 17.2 Å². The maximum atomic E-state index is 12.7. The Balaban J connectivity index is 1.66. The molecule has 28 heavy (non-hydrogen) atoms. The lowest BCUT2D eigenvalue weighted by Gasteiger charge is -2.36. The highest BCUT2D eigenvalue weighted by Crippen LogP contribution is 2.41. The number of ether oxygens (including phenoxy) is 3. The van der Waals surface area contributed by atoms with E-state index in [-0.39, 0.29) is 5.91 Å². The predicted octanol–water partition coefficient (Wildman–Crippen LogP) is 2.91. The van der Waals surface area contributed by atoms with Crippen molar-refractivity contribution in [2.75, 3.05) is 52.4 Å². The molecule has 1 amide bonds. The van der Waals surface area contributed by atoms with E-state index in [4.69, 9.17) is 14.2 Å². The van der Waals surface area contributed by atoms with Crippen LogP contribution in [0, 0.1) is 6.92 Å². The van der Waals surface area contributed by atoms with Crippen LogP contribution in [0.2, 0.25) is 0 Å². The molecule has 1 aliphatic heterocycles. The maximum Gasteiger partial charge on any atom is 0.227 e. The van der Waals surface area contributed by atoms with Crippen LogP contribution in [0.3, 0.4) is 0 Å². The summed E-state index contributed by atoms with van der Waals surface area (Å²) in [5.74, 6) is 2.03. The lowest BCUT2D eigenvalue weighted by molar-refractivity contribution is -0.130. The van der Waals surface area contributed by atoms with Crippen molar-refractivity contribution in [2.24, 2.45) is 0 Å². The van der Waals surface area contributed by atoms with E-state index in [9.17, 15) is 4.79 Å². The molecule has 0 atom stereocenters. The van der Waals surface area contributed by atoms with Gasteiger partial charge in [0.25, 0.3) is 0 Å². The van der Waals surface area contributed by atoms with E-state index in [0.717, 1.165) is 24.3 Å². The van der Waals surface area contributed by atoms with Gasteiger partial charge in [-0.15, -0.1) is 0 Å². The summed E-state index contributed by atoms with van der Waals surface area (Å²) in [6.45, 7) is 4.96. The van der Waals surface area contributed by atoms with Crippen LogP contribution in [0.4, 0.5) is 5.69 Å². The van der Waals surface area contributed by atoms with Gasteiger partial charge in [0.1, 0.15) is 0 Å². The third-order valence-corrected chi connectivity index (χ3v) is 5.08. The summed E-state index contributed by atoms with van der Waals surface area (Å²) in [6.07, 6.45) is 0.450. The Hall–Kier alpha value is -2.89. The molecule has 1 aliphatic rings. The average molecular weight is 384 g/mol. The SMILES string of the molecule is COc1cc(N2CCN(C(=O)Cc3cccc(C)c3)CC2)cc(OC)c1OC. The fourth-order valence-corrected chi connectivity index (χ4v) is 3.57. The first kappa shape index (κ1) is 19.9. The van der Waals surface area contributed by atoms with E-state index in [0.29, 0.717) is 36.8 Å². The van der Waals surface area contributed by atoms with E-state index in [1.54, 1.807) is 21.3 Å². The number of carbonyl (C=O) groups is 1. The lowest BCUT2D eigenvalue weighted by atomic mass is 10.1. The van der Waals surface area contributed by atoms with Crippen molar-refractivity contribution < 1.29 is 19.0 Å². The van der Waals surface area contributed by atoms with Crippen molar-refractivity contribution in [2.45, 2.75) is 13.3 Å². The molecule has 3 rings (SSSR count). The van der Waals surface area contributed by atoms with Gasteiger partial charge in [-0.2, -0.15) is 0 Å². The maximum absolute atomic E-state index is 12.7. The molecule has 1 fully saturated rings. The molecule has 0 aromatic heterocycles. The highest BCUT2D eigenvalue weighted by molar-refractivity contribution is 5.79. The van der Waals surface area contributed by atoms with Gasteiger partial charge in [0, 0.05) is 44.0 Å². The third kappa shape index (κ3) is 4.32. The van der Waals surface area contributed by atoms with E-state index in [1.807, 2.05) is 42.2 Å². The minimum absolute atomic E-state index is 0.176. The number of benzene rings is 2. The summed E-state index contributed by atoms with van der Waals surface area (Å²) in [5.41, 5.74) is 3.25. The number of anilines is 1. The molecule has 2 aromatic carbocycles. The van der Waals surface area contributed by atoms with Crippen LogP contribution in [0.25, 0.3) is 0 Å². The largest absolute Gasteiger partial charge is 0.493 e. The molecule has 2 aromatic rings. The van der Waals surface area contributed by atoms with Crippen molar-refractivity contribution in [3.63, 3.8) is 0 Å². The normalized spacial score (nSPS) is 14.0. The first-order valence-electron chi connectivity index (χ1n) is 9.44. The van der Waals surface area contributed by atoms with E-state index in [2.05, 4.69) is 11.0 Å². The number of rotatable bonds is 6. The molecule has 1 heterocycles. The van der Waals surface area contributed by atoms with Crippen LogP contribution in [-0.4, -0.2) is 58.3 Å². The summed E-state index contributed by atoms with van der Waals surface area (Å²) in [5, 5.41) is 0. The Labute approximate surface area is 166 Å². The van der Waals surface area contributed by atoms with E-state index >= 15 is 0 Å². The van der Waals surface area contributed by atoms with Crippen molar-refractivity contribution in [3.05, 3.63) is 47.5 Å². The number of hydrogen-bond donors (Lipinski definition) is 0. The van der Waals surface area contributed by atoms with Crippen LogP contribution in [0.1, 0.15) is 11.1 Å². The van der Waals surface area contributed by atoms with Gasteiger partial charge < -0.3 is 24.0 Å². The monoisotopic (exact) mass is 384 g/mol. The second-order valence-electron chi connectivity index (χ2n) is 6.92. The number of nitrogens with zero attached hydrogens (tertiary/aromatic N) is 2. The van der Waals surface area contributed by atoms with Crippen molar-refractivity contribution in [1.29, 1.82) is 0 Å². The molecule has 0 bridgehead atoms. The number of carbonyl (C=O) groups excluding carboxylic acids is 1. The van der Waals surface area contributed by atoms with Crippen molar-refractivity contribution in [1.82, 2.24) is 4.90 Å². The first-order valence-corrected chi connectivity index (χ1v) is 9.44. The lowest BCUT2D eigenvalue weighted by Crippen LogP contribution is -2.49. The fraction of sp³-hybridized carbons (Fsp3) is 0.409. The molecule has 6 heteroatoms. The summed E-state index contributed by atoms with van der Waals surface area (Å²) >= 11 is 0. The Morgan fingerprint density at radius 3 is 2.11 bits per heavy atom. The van der Waals surface area contributed by atoms with Crippen LogP contribution >= 0.6 is 0 Å². The van der Waals surface area contributed by atoms with E-state index < -0.39 is 0 Å².